The Morgan fingerprint density at radius 2 is 2.14 bits per heavy atom. The highest BCUT2D eigenvalue weighted by atomic mass is 16.5. The molecule has 0 radical (unpaired) electrons. The summed E-state index contributed by atoms with van der Waals surface area (Å²) in [5.74, 6) is 1.74. The third-order valence-corrected chi connectivity index (χ3v) is 5.40. The molecule has 1 saturated heterocycles. The lowest BCUT2D eigenvalue weighted by atomic mass is 9.67. The van der Waals surface area contributed by atoms with Crippen molar-refractivity contribution in [3.63, 3.8) is 0 Å². The lowest BCUT2D eigenvalue weighted by molar-refractivity contribution is -0.154. The molecule has 2 aliphatic carbocycles. The zero-order valence-electron chi connectivity index (χ0n) is 12.8. The Kier molecular flexibility index (Phi) is 4.48. The van der Waals surface area contributed by atoms with Gasteiger partial charge in [0.1, 0.15) is 6.10 Å². The smallest absolute Gasteiger partial charge is 0.306 e. The number of aliphatic hydroxyl groups excluding tert-OH is 1. The molecule has 3 aliphatic rings. The van der Waals surface area contributed by atoms with Gasteiger partial charge in [-0.3, -0.25) is 4.79 Å². The fourth-order valence-corrected chi connectivity index (χ4v) is 4.18. The van der Waals surface area contributed by atoms with Gasteiger partial charge in [0.25, 0.3) is 0 Å². The minimum absolute atomic E-state index is 0.0239. The topological polar surface area (TPSA) is 46.5 Å². The summed E-state index contributed by atoms with van der Waals surface area (Å²) < 4.78 is 5.45. The number of hydrogen-bond acceptors (Lipinski definition) is 3. The molecule has 0 amide bonds. The van der Waals surface area contributed by atoms with Gasteiger partial charge in [-0.25, -0.2) is 0 Å². The summed E-state index contributed by atoms with van der Waals surface area (Å²) in [6.45, 7) is 2.29. The summed E-state index contributed by atoms with van der Waals surface area (Å²) in [5, 5.41) is 9.80. The first-order chi connectivity index (χ1) is 10.1. The van der Waals surface area contributed by atoms with Crippen LogP contribution in [0.1, 0.15) is 51.9 Å². The van der Waals surface area contributed by atoms with Crippen molar-refractivity contribution >= 4 is 5.97 Å². The highest BCUT2D eigenvalue weighted by Gasteiger charge is 2.34. The third kappa shape index (κ3) is 3.39. The van der Waals surface area contributed by atoms with Crippen LogP contribution in [-0.2, 0) is 9.53 Å². The molecule has 3 heteroatoms. The van der Waals surface area contributed by atoms with Gasteiger partial charge >= 0.3 is 5.97 Å². The van der Waals surface area contributed by atoms with E-state index in [-0.39, 0.29) is 18.2 Å². The molecule has 116 valence electrons. The van der Waals surface area contributed by atoms with E-state index in [4.69, 9.17) is 4.74 Å². The molecular weight excluding hydrogens is 264 g/mol. The molecule has 5 atom stereocenters. The van der Waals surface area contributed by atoms with Gasteiger partial charge in [0, 0.05) is 6.42 Å². The number of rotatable bonds is 3. The molecule has 1 aliphatic heterocycles. The standard InChI is InChI=1S/C18H26O3/c1-12-5-6-13-11-14(19)7-9-17(13)16(12)10-8-15-3-2-4-18(20)21-15/h5-6,11-12,14-17,19H,2-4,7-10H2,1H3/t12?,14?,15-,16?,17?/m0/s1. The molecule has 0 spiro atoms. The largest absolute Gasteiger partial charge is 0.462 e. The average Bonchev–Trinajstić information content (AvgIpc) is 2.46. The van der Waals surface area contributed by atoms with Crippen molar-refractivity contribution in [3.05, 3.63) is 23.8 Å². The van der Waals surface area contributed by atoms with Crippen molar-refractivity contribution in [2.75, 3.05) is 0 Å². The lowest BCUT2D eigenvalue weighted by Crippen LogP contribution is -2.31. The van der Waals surface area contributed by atoms with E-state index >= 15 is 0 Å². The van der Waals surface area contributed by atoms with Crippen LogP contribution in [0.3, 0.4) is 0 Å². The number of aliphatic hydroxyl groups is 1. The van der Waals surface area contributed by atoms with E-state index in [2.05, 4.69) is 19.1 Å². The van der Waals surface area contributed by atoms with Crippen LogP contribution in [0.4, 0.5) is 0 Å². The molecule has 1 N–H and O–H groups in total. The first kappa shape index (κ1) is 14.8. The minimum atomic E-state index is -0.269. The maximum Gasteiger partial charge on any atom is 0.306 e. The first-order valence-corrected chi connectivity index (χ1v) is 8.41. The van der Waals surface area contributed by atoms with E-state index < -0.39 is 0 Å². The summed E-state index contributed by atoms with van der Waals surface area (Å²) in [7, 11) is 0. The van der Waals surface area contributed by atoms with Crippen molar-refractivity contribution in [1.29, 1.82) is 0 Å². The van der Waals surface area contributed by atoms with Crippen LogP contribution in [0, 0.1) is 17.8 Å². The second kappa shape index (κ2) is 6.35. The number of fused-ring (bicyclic) bond motifs is 1. The summed E-state index contributed by atoms with van der Waals surface area (Å²) in [6.07, 6.45) is 13.0. The van der Waals surface area contributed by atoms with E-state index in [1.165, 1.54) is 5.57 Å². The number of ether oxygens (including phenoxy) is 1. The van der Waals surface area contributed by atoms with Crippen molar-refractivity contribution < 1.29 is 14.6 Å². The maximum atomic E-state index is 11.4. The van der Waals surface area contributed by atoms with Gasteiger partial charge < -0.3 is 9.84 Å². The van der Waals surface area contributed by atoms with Crippen LogP contribution < -0.4 is 0 Å². The Bertz CT molecular complexity index is 451. The molecule has 3 nitrogen and oxygen atoms in total. The average molecular weight is 290 g/mol. The van der Waals surface area contributed by atoms with Crippen LogP contribution in [0.15, 0.2) is 23.8 Å². The highest BCUT2D eigenvalue weighted by Crippen LogP contribution is 2.42. The Balaban J connectivity index is 1.62. The maximum absolute atomic E-state index is 11.4. The Labute approximate surface area is 127 Å². The molecule has 0 saturated carbocycles. The van der Waals surface area contributed by atoms with E-state index in [0.717, 1.165) is 38.5 Å². The summed E-state index contributed by atoms with van der Waals surface area (Å²) in [4.78, 5) is 11.4. The van der Waals surface area contributed by atoms with Gasteiger partial charge in [-0.15, -0.1) is 0 Å². The van der Waals surface area contributed by atoms with Gasteiger partial charge in [-0.05, 0) is 61.9 Å². The molecule has 0 aromatic heterocycles. The fourth-order valence-electron chi connectivity index (χ4n) is 4.18. The van der Waals surface area contributed by atoms with Crippen LogP contribution in [0.25, 0.3) is 0 Å². The fraction of sp³-hybridized carbons (Fsp3) is 0.722. The summed E-state index contributed by atoms with van der Waals surface area (Å²) in [5.41, 5.74) is 1.32. The quantitative estimate of drug-likeness (QED) is 0.811. The number of carbonyl (C=O) groups is 1. The van der Waals surface area contributed by atoms with Crippen LogP contribution >= 0.6 is 0 Å². The summed E-state index contributed by atoms with van der Waals surface area (Å²) >= 11 is 0. The number of hydrogen-bond donors (Lipinski definition) is 1. The molecule has 0 bridgehead atoms. The van der Waals surface area contributed by atoms with Crippen molar-refractivity contribution in [2.24, 2.45) is 17.8 Å². The highest BCUT2D eigenvalue weighted by molar-refractivity contribution is 5.70. The predicted molar refractivity (Wildman–Crippen MR) is 81.6 cm³/mol. The Morgan fingerprint density at radius 1 is 1.29 bits per heavy atom. The summed E-state index contributed by atoms with van der Waals surface area (Å²) in [6, 6.07) is 0. The zero-order chi connectivity index (χ0) is 14.8. The van der Waals surface area contributed by atoms with E-state index in [1.54, 1.807) is 0 Å². The van der Waals surface area contributed by atoms with E-state index in [9.17, 15) is 9.90 Å². The second-order valence-electron chi connectivity index (χ2n) is 6.88. The van der Waals surface area contributed by atoms with Gasteiger partial charge in [0.05, 0.1) is 6.10 Å². The monoisotopic (exact) mass is 290 g/mol. The van der Waals surface area contributed by atoms with Gasteiger partial charge in [-0.2, -0.15) is 0 Å². The van der Waals surface area contributed by atoms with Crippen molar-refractivity contribution in [3.8, 4) is 0 Å². The molecule has 21 heavy (non-hydrogen) atoms. The molecule has 0 aromatic rings. The minimum Gasteiger partial charge on any atom is -0.462 e. The third-order valence-electron chi connectivity index (χ3n) is 5.40. The zero-order valence-corrected chi connectivity index (χ0v) is 12.8. The molecule has 4 unspecified atom stereocenters. The first-order valence-electron chi connectivity index (χ1n) is 8.41. The van der Waals surface area contributed by atoms with Gasteiger partial charge in [0.2, 0.25) is 0 Å². The number of cyclic esters (lactones) is 1. The number of carbonyl (C=O) groups excluding carboxylic acids is 1. The van der Waals surface area contributed by atoms with Crippen LogP contribution in [0.2, 0.25) is 0 Å². The predicted octanol–water partition coefficient (Wildman–Crippen LogP) is 3.38. The van der Waals surface area contributed by atoms with Gasteiger partial charge in [-0.1, -0.05) is 25.2 Å². The van der Waals surface area contributed by atoms with Crippen molar-refractivity contribution in [2.45, 2.75) is 64.1 Å². The lowest BCUT2D eigenvalue weighted by Gasteiger charge is -2.39. The normalized spacial score (nSPS) is 39.4. The molecular formula is C18H26O3. The second-order valence-corrected chi connectivity index (χ2v) is 6.88. The number of esters is 1. The van der Waals surface area contributed by atoms with Crippen molar-refractivity contribution in [1.82, 2.24) is 0 Å². The van der Waals surface area contributed by atoms with Gasteiger partial charge in [0.15, 0.2) is 0 Å². The van der Waals surface area contributed by atoms with E-state index in [1.807, 2.05) is 6.08 Å². The molecule has 0 aromatic carbocycles. The number of allylic oxidation sites excluding steroid dienone is 3. The SMILES string of the molecule is CC1C=CC2=CC(O)CCC2C1CC[C@@H]1CCCC(=O)O1. The molecule has 1 heterocycles. The Morgan fingerprint density at radius 3 is 2.95 bits per heavy atom. The van der Waals surface area contributed by atoms with E-state index in [0.29, 0.717) is 24.2 Å². The molecule has 1 fully saturated rings. The van der Waals surface area contributed by atoms with Crippen LogP contribution in [0.5, 0.6) is 0 Å². The Hall–Kier alpha value is -1.09. The van der Waals surface area contributed by atoms with Crippen LogP contribution in [-0.4, -0.2) is 23.3 Å². The molecule has 3 rings (SSSR count).